The molecule has 0 aromatic heterocycles. The zero-order valence-corrected chi connectivity index (χ0v) is 28.0. The second-order valence-corrected chi connectivity index (χ2v) is 17.7. The van der Waals surface area contributed by atoms with Gasteiger partial charge in [-0.2, -0.15) is 0 Å². The van der Waals surface area contributed by atoms with Crippen molar-refractivity contribution in [3.63, 3.8) is 0 Å². The molecule has 6 heteroatoms. The summed E-state index contributed by atoms with van der Waals surface area (Å²) in [6, 6.07) is 0. The van der Waals surface area contributed by atoms with Crippen LogP contribution < -0.4 is 0 Å². The topological polar surface area (TPSA) is 89.9 Å². The lowest BCUT2D eigenvalue weighted by atomic mass is 9.48. The van der Waals surface area contributed by atoms with Crippen LogP contribution in [-0.4, -0.2) is 34.2 Å². The molecule has 8 rings (SSSR count). The Balaban J connectivity index is 0.000000153. The molecule has 0 aromatic rings. The van der Waals surface area contributed by atoms with Gasteiger partial charge in [-0.1, -0.05) is 20.8 Å². The third-order valence-corrected chi connectivity index (χ3v) is 14.4. The minimum absolute atomic E-state index is 0.0455. The Morgan fingerprint density at radius 2 is 1.28 bits per heavy atom. The smallest absolute Gasteiger partial charge is 0.312 e. The fourth-order valence-corrected chi connectivity index (χ4v) is 11.8. The second kappa shape index (κ2) is 10.5. The van der Waals surface area contributed by atoms with E-state index in [1.165, 1.54) is 25.7 Å². The summed E-state index contributed by atoms with van der Waals surface area (Å²) in [5, 5.41) is 9.69. The highest BCUT2D eigenvalue weighted by Crippen LogP contribution is 2.71. The number of hydrogen-bond acceptors (Lipinski definition) is 5. The van der Waals surface area contributed by atoms with Crippen molar-refractivity contribution in [3.8, 4) is 0 Å². The molecule has 242 valence electrons. The fourth-order valence-electron chi connectivity index (χ4n) is 11.8. The van der Waals surface area contributed by atoms with E-state index in [1.807, 2.05) is 34.6 Å². The number of esters is 2. The van der Waals surface area contributed by atoms with Gasteiger partial charge in [0.15, 0.2) is 0 Å². The number of fused-ring (bicyclic) bond motifs is 9. The van der Waals surface area contributed by atoms with Crippen LogP contribution in [0.15, 0.2) is 0 Å². The molecule has 43 heavy (non-hydrogen) atoms. The number of carboxylic acid groups (broad SMARTS) is 1. The lowest BCUT2D eigenvalue weighted by Gasteiger charge is -2.59. The van der Waals surface area contributed by atoms with E-state index in [1.54, 1.807) is 0 Å². The molecule has 0 saturated heterocycles. The summed E-state index contributed by atoms with van der Waals surface area (Å²) in [4.78, 5) is 37.0. The van der Waals surface area contributed by atoms with Gasteiger partial charge in [0, 0.05) is 12.3 Å². The highest BCUT2D eigenvalue weighted by atomic mass is 16.6. The van der Waals surface area contributed by atoms with E-state index in [-0.39, 0.29) is 23.0 Å². The average molecular weight is 599 g/mol. The van der Waals surface area contributed by atoms with Crippen molar-refractivity contribution in [1.82, 2.24) is 0 Å². The minimum Gasteiger partial charge on any atom is -0.481 e. The van der Waals surface area contributed by atoms with Crippen LogP contribution in [-0.2, 0) is 23.9 Å². The molecule has 6 nitrogen and oxygen atoms in total. The van der Waals surface area contributed by atoms with E-state index in [2.05, 4.69) is 13.8 Å². The Hall–Kier alpha value is -1.59. The van der Waals surface area contributed by atoms with Gasteiger partial charge in [-0.15, -0.1) is 0 Å². The number of carboxylic acids is 1. The predicted octanol–water partition coefficient (Wildman–Crippen LogP) is 8.21. The SMILES string of the molecule is CCC(C)(C)C(=O)OC1(CC)CC2CC1C1C3CCC(C3)C21.CCC(C)(C)C(=O)OC12CC3CC(C1)CC(C(=O)O)(C3)C2. The molecule has 9 atom stereocenters. The van der Waals surface area contributed by atoms with Crippen LogP contribution in [0, 0.1) is 63.6 Å². The third-order valence-electron chi connectivity index (χ3n) is 14.4. The first-order valence-corrected chi connectivity index (χ1v) is 17.8. The zero-order valence-electron chi connectivity index (χ0n) is 28.0. The zero-order chi connectivity index (χ0) is 31.2. The summed E-state index contributed by atoms with van der Waals surface area (Å²) in [7, 11) is 0. The van der Waals surface area contributed by atoms with Gasteiger partial charge in [0.25, 0.3) is 0 Å². The summed E-state index contributed by atoms with van der Waals surface area (Å²) in [6.07, 6.45) is 14.4. The van der Waals surface area contributed by atoms with Crippen LogP contribution in [0.2, 0.25) is 0 Å². The molecule has 0 radical (unpaired) electrons. The van der Waals surface area contributed by atoms with E-state index in [9.17, 15) is 19.5 Å². The van der Waals surface area contributed by atoms with Crippen molar-refractivity contribution < 1.29 is 29.0 Å². The largest absolute Gasteiger partial charge is 0.481 e. The van der Waals surface area contributed by atoms with Crippen molar-refractivity contribution in [2.45, 2.75) is 150 Å². The molecule has 0 spiro atoms. The fraction of sp³-hybridized carbons (Fsp3) is 0.919. The van der Waals surface area contributed by atoms with Gasteiger partial charge < -0.3 is 14.6 Å². The quantitative estimate of drug-likeness (QED) is 0.224. The van der Waals surface area contributed by atoms with Gasteiger partial charge in [-0.05, 0) is 153 Å². The van der Waals surface area contributed by atoms with Gasteiger partial charge in [-0.3, -0.25) is 14.4 Å². The number of carbonyl (C=O) groups is 3. The molecule has 8 aliphatic rings. The molecule has 8 bridgehead atoms. The van der Waals surface area contributed by atoms with Crippen LogP contribution in [0.1, 0.15) is 138 Å². The van der Waals surface area contributed by atoms with Crippen LogP contribution in [0.5, 0.6) is 0 Å². The first kappa shape index (κ1) is 31.4. The van der Waals surface area contributed by atoms with Crippen LogP contribution in [0.4, 0.5) is 0 Å². The average Bonchev–Trinajstić information content (AvgIpc) is 3.72. The molecule has 0 aromatic carbocycles. The van der Waals surface area contributed by atoms with E-state index < -0.39 is 22.4 Å². The van der Waals surface area contributed by atoms with Gasteiger partial charge in [0.1, 0.15) is 11.2 Å². The summed E-state index contributed by atoms with van der Waals surface area (Å²) in [5.74, 6) is 5.39. The van der Waals surface area contributed by atoms with Gasteiger partial charge in [0.05, 0.1) is 16.2 Å². The normalized spacial score (nSPS) is 45.0. The predicted molar refractivity (Wildman–Crippen MR) is 165 cm³/mol. The third kappa shape index (κ3) is 4.98. The Morgan fingerprint density at radius 1 is 0.721 bits per heavy atom. The summed E-state index contributed by atoms with van der Waals surface area (Å²) in [5.41, 5.74) is -2.09. The lowest BCUT2D eigenvalue weighted by molar-refractivity contribution is -0.215. The second-order valence-electron chi connectivity index (χ2n) is 17.7. The maximum atomic E-state index is 12.7. The minimum atomic E-state index is -0.688. The van der Waals surface area contributed by atoms with Crippen molar-refractivity contribution in [2.24, 2.45) is 63.6 Å². The Bertz CT molecular complexity index is 1120. The maximum Gasteiger partial charge on any atom is 0.312 e. The summed E-state index contributed by atoms with van der Waals surface area (Å²) in [6.45, 7) is 14.2. The highest BCUT2D eigenvalue weighted by molar-refractivity contribution is 5.78. The number of aliphatic carboxylic acids is 1. The van der Waals surface area contributed by atoms with Crippen LogP contribution >= 0.6 is 0 Å². The number of rotatable bonds is 8. The van der Waals surface area contributed by atoms with Crippen molar-refractivity contribution >= 4 is 17.9 Å². The molecule has 0 amide bonds. The molecule has 8 fully saturated rings. The number of hydrogen-bond donors (Lipinski definition) is 1. The Labute approximate surface area is 259 Å². The molecule has 8 aliphatic carbocycles. The van der Waals surface area contributed by atoms with Crippen molar-refractivity contribution in [2.75, 3.05) is 0 Å². The standard InChI is InChI=1S/C20H32O2.C17H26O4/c1-5-19(3,4)18(21)22-20(6-2)11-14-10-15(20)17-13-8-7-12(9-13)16(14)17;1-4-15(2,3)14(20)21-17-8-11-5-12(9-17)7-16(6-11,10-17)13(18)19/h12-17H,5-11H2,1-4H3;11-12H,4-10H2,1-3H3,(H,18,19). The molecule has 8 saturated carbocycles. The van der Waals surface area contributed by atoms with Crippen LogP contribution in [0.3, 0.4) is 0 Å². The molecule has 0 heterocycles. The Kier molecular flexibility index (Phi) is 7.65. The monoisotopic (exact) mass is 598 g/mol. The Morgan fingerprint density at radius 3 is 1.81 bits per heavy atom. The van der Waals surface area contributed by atoms with Gasteiger partial charge >= 0.3 is 17.9 Å². The van der Waals surface area contributed by atoms with Gasteiger partial charge in [-0.25, -0.2) is 0 Å². The first-order chi connectivity index (χ1) is 20.1. The lowest BCUT2D eigenvalue weighted by Crippen LogP contribution is -2.60. The van der Waals surface area contributed by atoms with Crippen molar-refractivity contribution in [3.05, 3.63) is 0 Å². The van der Waals surface area contributed by atoms with E-state index in [0.29, 0.717) is 24.2 Å². The molecule has 9 unspecified atom stereocenters. The molecule has 0 aliphatic heterocycles. The number of ether oxygens (including phenoxy) is 2. The van der Waals surface area contributed by atoms with E-state index in [4.69, 9.17) is 9.47 Å². The van der Waals surface area contributed by atoms with Crippen LogP contribution in [0.25, 0.3) is 0 Å². The first-order valence-electron chi connectivity index (χ1n) is 17.8. The summed E-state index contributed by atoms with van der Waals surface area (Å²) < 4.78 is 12.3. The van der Waals surface area contributed by atoms with Crippen molar-refractivity contribution in [1.29, 1.82) is 0 Å². The molecular formula is C37H58O6. The summed E-state index contributed by atoms with van der Waals surface area (Å²) >= 11 is 0. The highest BCUT2D eigenvalue weighted by Gasteiger charge is 2.68. The van der Waals surface area contributed by atoms with Gasteiger partial charge in [0.2, 0.25) is 0 Å². The molecule has 1 N–H and O–H groups in total. The number of carbonyl (C=O) groups excluding carboxylic acids is 2. The van der Waals surface area contributed by atoms with E-state index >= 15 is 0 Å². The molecular weight excluding hydrogens is 540 g/mol. The maximum absolute atomic E-state index is 12.7. The van der Waals surface area contributed by atoms with E-state index in [0.717, 1.165) is 87.4 Å².